The standard InChI is InChI=1S/C8H6F4N2/c9-7-2-1-6(8(10,11)12)3-5(7)4-14-13/h1-4H,13H2. The van der Waals surface area contributed by atoms with Gasteiger partial charge in [0.15, 0.2) is 0 Å². The highest BCUT2D eigenvalue weighted by atomic mass is 19.4. The molecule has 0 aromatic heterocycles. The fraction of sp³-hybridized carbons (Fsp3) is 0.125. The van der Waals surface area contributed by atoms with E-state index in [4.69, 9.17) is 5.84 Å². The number of nitrogens with two attached hydrogens (primary N) is 1. The molecule has 2 N–H and O–H groups in total. The molecule has 2 nitrogen and oxygen atoms in total. The van der Waals surface area contributed by atoms with E-state index in [-0.39, 0.29) is 5.56 Å². The van der Waals surface area contributed by atoms with E-state index in [2.05, 4.69) is 5.10 Å². The van der Waals surface area contributed by atoms with Gasteiger partial charge in [0.2, 0.25) is 0 Å². The van der Waals surface area contributed by atoms with Gasteiger partial charge in [0, 0.05) is 5.56 Å². The van der Waals surface area contributed by atoms with E-state index in [1.54, 1.807) is 0 Å². The van der Waals surface area contributed by atoms with Crippen LogP contribution in [0, 0.1) is 5.82 Å². The van der Waals surface area contributed by atoms with Gasteiger partial charge in [0.25, 0.3) is 0 Å². The van der Waals surface area contributed by atoms with Crippen LogP contribution in [0.5, 0.6) is 0 Å². The summed E-state index contributed by atoms with van der Waals surface area (Å²) in [4.78, 5) is 0. The lowest BCUT2D eigenvalue weighted by atomic mass is 10.1. The molecule has 0 bridgehead atoms. The summed E-state index contributed by atoms with van der Waals surface area (Å²) in [5.41, 5.74) is -1.23. The molecule has 1 rings (SSSR count). The third-order valence-corrected chi connectivity index (χ3v) is 1.54. The predicted molar refractivity (Wildman–Crippen MR) is 43.2 cm³/mol. The summed E-state index contributed by atoms with van der Waals surface area (Å²) < 4.78 is 49.3. The fourth-order valence-electron chi connectivity index (χ4n) is 0.899. The van der Waals surface area contributed by atoms with Crippen LogP contribution in [0.25, 0.3) is 0 Å². The highest BCUT2D eigenvalue weighted by Crippen LogP contribution is 2.29. The van der Waals surface area contributed by atoms with Crippen LogP contribution in [0.4, 0.5) is 17.6 Å². The molecule has 0 aliphatic rings. The summed E-state index contributed by atoms with van der Waals surface area (Å²) in [6.07, 6.45) is -3.67. The van der Waals surface area contributed by atoms with Gasteiger partial charge in [-0.25, -0.2) is 4.39 Å². The van der Waals surface area contributed by atoms with Gasteiger partial charge in [-0.1, -0.05) is 0 Å². The van der Waals surface area contributed by atoms with Gasteiger partial charge in [-0.05, 0) is 18.2 Å². The first kappa shape index (κ1) is 10.5. The molecule has 14 heavy (non-hydrogen) atoms. The Labute approximate surface area is 77.0 Å². The molecule has 0 radical (unpaired) electrons. The van der Waals surface area contributed by atoms with E-state index in [0.29, 0.717) is 12.1 Å². The number of rotatable bonds is 1. The van der Waals surface area contributed by atoms with Crippen molar-refractivity contribution in [1.82, 2.24) is 0 Å². The summed E-state index contributed by atoms with van der Waals surface area (Å²) in [6.45, 7) is 0. The minimum Gasteiger partial charge on any atom is -0.323 e. The van der Waals surface area contributed by atoms with E-state index in [9.17, 15) is 17.6 Å². The Morgan fingerprint density at radius 2 is 1.93 bits per heavy atom. The van der Waals surface area contributed by atoms with Crippen LogP contribution in [0.15, 0.2) is 23.3 Å². The lowest BCUT2D eigenvalue weighted by Gasteiger charge is -2.07. The van der Waals surface area contributed by atoms with E-state index >= 15 is 0 Å². The zero-order chi connectivity index (χ0) is 10.8. The quantitative estimate of drug-likeness (QED) is 0.325. The van der Waals surface area contributed by atoms with Crippen molar-refractivity contribution in [3.63, 3.8) is 0 Å². The average Bonchev–Trinajstić information content (AvgIpc) is 2.07. The molecular weight excluding hydrogens is 200 g/mol. The Morgan fingerprint density at radius 1 is 1.29 bits per heavy atom. The Hall–Kier alpha value is -1.59. The van der Waals surface area contributed by atoms with Crippen molar-refractivity contribution >= 4 is 6.21 Å². The summed E-state index contributed by atoms with van der Waals surface area (Å²) in [5.74, 6) is 3.91. The summed E-state index contributed by atoms with van der Waals surface area (Å²) in [5, 5.41) is 2.96. The van der Waals surface area contributed by atoms with Gasteiger partial charge in [-0.2, -0.15) is 18.3 Å². The molecule has 0 aliphatic carbocycles. The molecule has 1 aromatic carbocycles. The van der Waals surface area contributed by atoms with E-state index in [1.807, 2.05) is 0 Å². The van der Waals surface area contributed by atoms with Gasteiger partial charge < -0.3 is 5.84 Å². The topological polar surface area (TPSA) is 38.4 Å². The fourth-order valence-corrected chi connectivity index (χ4v) is 0.899. The van der Waals surface area contributed by atoms with Gasteiger partial charge in [0.1, 0.15) is 5.82 Å². The number of hydrogen-bond donors (Lipinski definition) is 1. The summed E-state index contributed by atoms with van der Waals surface area (Å²) in [7, 11) is 0. The first-order valence-electron chi connectivity index (χ1n) is 3.55. The molecule has 0 saturated heterocycles. The molecule has 0 aliphatic heterocycles. The predicted octanol–water partition coefficient (Wildman–Crippen LogP) is 2.14. The zero-order valence-electron chi connectivity index (χ0n) is 6.85. The van der Waals surface area contributed by atoms with Gasteiger partial charge in [0.05, 0.1) is 11.8 Å². The van der Waals surface area contributed by atoms with Crippen LogP contribution in [-0.2, 0) is 6.18 Å². The van der Waals surface area contributed by atoms with Crippen molar-refractivity contribution in [2.24, 2.45) is 10.9 Å². The van der Waals surface area contributed by atoms with Crippen LogP contribution in [-0.4, -0.2) is 6.21 Å². The molecule has 0 amide bonds. The van der Waals surface area contributed by atoms with Crippen LogP contribution < -0.4 is 5.84 Å². The maximum atomic E-state index is 12.8. The maximum Gasteiger partial charge on any atom is 0.416 e. The SMILES string of the molecule is NN=Cc1cc(C(F)(F)F)ccc1F. The number of hydrazone groups is 1. The van der Waals surface area contributed by atoms with Crippen LogP contribution >= 0.6 is 0 Å². The Bertz CT molecular complexity index is 357. The lowest BCUT2D eigenvalue weighted by Crippen LogP contribution is -2.06. The molecule has 0 atom stereocenters. The lowest BCUT2D eigenvalue weighted by molar-refractivity contribution is -0.137. The molecule has 0 spiro atoms. The summed E-state index contributed by atoms with van der Waals surface area (Å²) in [6, 6.07) is 2.02. The van der Waals surface area contributed by atoms with Crippen LogP contribution in [0.3, 0.4) is 0 Å². The van der Waals surface area contributed by atoms with Gasteiger partial charge in [-0.15, -0.1) is 0 Å². The van der Waals surface area contributed by atoms with Crippen LogP contribution in [0.2, 0.25) is 0 Å². The smallest absolute Gasteiger partial charge is 0.323 e. The van der Waals surface area contributed by atoms with E-state index in [1.165, 1.54) is 0 Å². The normalized spacial score (nSPS) is 12.3. The number of alkyl halides is 3. The van der Waals surface area contributed by atoms with E-state index < -0.39 is 17.6 Å². The highest BCUT2D eigenvalue weighted by Gasteiger charge is 2.30. The molecule has 6 heteroatoms. The molecule has 1 aromatic rings. The zero-order valence-corrected chi connectivity index (χ0v) is 6.85. The minimum atomic E-state index is -4.50. The van der Waals surface area contributed by atoms with Crippen molar-refractivity contribution in [3.8, 4) is 0 Å². The van der Waals surface area contributed by atoms with Crippen molar-refractivity contribution in [2.45, 2.75) is 6.18 Å². The number of benzene rings is 1. The maximum absolute atomic E-state index is 12.8. The third kappa shape index (κ3) is 2.21. The van der Waals surface area contributed by atoms with Crippen molar-refractivity contribution in [1.29, 1.82) is 0 Å². The largest absolute Gasteiger partial charge is 0.416 e. The van der Waals surface area contributed by atoms with Crippen molar-refractivity contribution in [2.75, 3.05) is 0 Å². The molecular formula is C8H6F4N2. The van der Waals surface area contributed by atoms with Crippen LogP contribution in [0.1, 0.15) is 11.1 Å². The number of nitrogens with zero attached hydrogens (tertiary/aromatic N) is 1. The first-order valence-corrected chi connectivity index (χ1v) is 3.55. The second-order valence-corrected chi connectivity index (χ2v) is 2.51. The van der Waals surface area contributed by atoms with Gasteiger partial charge >= 0.3 is 6.18 Å². The first-order chi connectivity index (χ1) is 6.45. The van der Waals surface area contributed by atoms with Crippen molar-refractivity contribution in [3.05, 3.63) is 35.1 Å². The Balaban J connectivity index is 3.19. The monoisotopic (exact) mass is 206 g/mol. The molecule has 0 unspecified atom stereocenters. The highest BCUT2D eigenvalue weighted by molar-refractivity contribution is 5.80. The third-order valence-electron chi connectivity index (χ3n) is 1.54. The second kappa shape index (κ2) is 3.65. The molecule has 76 valence electrons. The Morgan fingerprint density at radius 3 is 2.43 bits per heavy atom. The van der Waals surface area contributed by atoms with E-state index in [0.717, 1.165) is 12.3 Å². The average molecular weight is 206 g/mol. The molecule has 0 heterocycles. The number of hydrogen-bond acceptors (Lipinski definition) is 2. The molecule has 0 fully saturated rings. The molecule has 0 saturated carbocycles. The van der Waals surface area contributed by atoms with Gasteiger partial charge in [-0.3, -0.25) is 0 Å². The summed E-state index contributed by atoms with van der Waals surface area (Å²) >= 11 is 0. The second-order valence-electron chi connectivity index (χ2n) is 2.51. The minimum absolute atomic E-state index is 0.290. The van der Waals surface area contributed by atoms with Crippen molar-refractivity contribution < 1.29 is 17.6 Å². The number of halogens is 4. The Kier molecular flexibility index (Phi) is 2.73.